The van der Waals surface area contributed by atoms with E-state index in [0.29, 0.717) is 18.4 Å². The Kier molecular flexibility index (Phi) is 4.71. The lowest BCUT2D eigenvalue weighted by Crippen LogP contribution is -2.46. The van der Waals surface area contributed by atoms with Crippen LogP contribution in [0.25, 0.3) is 0 Å². The Balaban J connectivity index is 2.97. The lowest BCUT2D eigenvalue weighted by atomic mass is 9.72. The third-order valence-electron chi connectivity index (χ3n) is 3.55. The number of aliphatic hydroxyl groups is 2. The van der Waals surface area contributed by atoms with Crippen LogP contribution >= 0.6 is 0 Å². The van der Waals surface area contributed by atoms with Crippen LogP contribution in [0.4, 0.5) is 0 Å². The summed E-state index contributed by atoms with van der Waals surface area (Å²) in [6.07, 6.45) is 1.39. The number of hydrogen-bond acceptors (Lipinski definition) is 4. The van der Waals surface area contributed by atoms with E-state index >= 15 is 0 Å². The quantitative estimate of drug-likeness (QED) is 0.456. The normalized spacial score (nSPS) is 34.4. The van der Waals surface area contributed by atoms with Crippen LogP contribution in [-0.4, -0.2) is 34.5 Å². The first-order valence-corrected chi connectivity index (χ1v) is 6.22. The molecule has 0 saturated heterocycles. The second-order valence-electron chi connectivity index (χ2n) is 5.07. The molecule has 0 heterocycles. The summed E-state index contributed by atoms with van der Waals surface area (Å²) < 4.78 is 4.84. The Bertz CT molecular complexity index is 368. The number of allylic oxidation sites excluding steroid dienone is 1. The van der Waals surface area contributed by atoms with Crippen LogP contribution in [0.15, 0.2) is 23.8 Å². The maximum atomic E-state index is 11.5. The summed E-state index contributed by atoms with van der Waals surface area (Å²) in [5.41, 5.74) is 0.0747. The highest BCUT2D eigenvalue weighted by molar-refractivity contribution is 5.83. The second-order valence-corrected chi connectivity index (χ2v) is 5.07. The van der Waals surface area contributed by atoms with E-state index in [4.69, 9.17) is 4.74 Å². The number of carbonyl (C=O) groups excluding carboxylic acids is 1. The predicted octanol–water partition coefficient (Wildman–Crippen LogP) is 1.57. The number of rotatable bonds is 3. The molecule has 0 bridgehead atoms. The first-order valence-electron chi connectivity index (χ1n) is 6.22. The van der Waals surface area contributed by atoms with Crippen LogP contribution < -0.4 is 0 Å². The smallest absolute Gasteiger partial charge is 0.330 e. The SMILES string of the molecule is C=C(C)[C@@H]1C/C(=C\C(=O)OCC)[C@@](C)(O)[C@H](O)C1. The van der Waals surface area contributed by atoms with Crippen molar-refractivity contribution in [3.63, 3.8) is 0 Å². The Hall–Kier alpha value is -1.13. The van der Waals surface area contributed by atoms with Crippen molar-refractivity contribution in [2.24, 2.45) is 5.92 Å². The summed E-state index contributed by atoms with van der Waals surface area (Å²) in [6, 6.07) is 0. The van der Waals surface area contributed by atoms with Crippen LogP contribution in [0.5, 0.6) is 0 Å². The summed E-state index contributed by atoms with van der Waals surface area (Å²) in [4.78, 5) is 11.5. The van der Waals surface area contributed by atoms with Crippen molar-refractivity contribution in [2.45, 2.75) is 45.3 Å². The summed E-state index contributed by atoms with van der Waals surface area (Å²) in [5.74, 6) is -0.400. The van der Waals surface area contributed by atoms with Crippen LogP contribution in [0, 0.1) is 5.92 Å². The summed E-state index contributed by atoms with van der Waals surface area (Å²) in [5, 5.41) is 20.2. The first-order chi connectivity index (χ1) is 8.28. The average molecular weight is 254 g/mol. The van der Waals surface area contributed by atoms with Gasteiger partial charge in [-0.3, -0.25) is 0 Å². The van der Waals surface area contributed by atoms with Gasteiger partial charge in [-0.2, -0.15) is 0 Å². The van der Waals surface area contributed by atoms with Crippen molar-refractivity contribution in [1.29, 1.82) is 0 Å². The molecular weight excluding hydrogens is 232 g/mol. The van der Waals surface area contributed by atoms with E-state index < -0.39 is 17.7 Å². The van der Waals surface area contributed by atoms with Gasteiger partial charge in [0.25, 0.3) is 0 Å². The van der Waals surface area contributed by atoms with E-state index in [1.807, 2.05) is 6.92 Å². The molecule has 0 amide bonds. The molecule has 18 heavy (non-hydrogen) atoms. The van der Waals surface area contributed by atoms with Crippen LogP contribution in [-0.2, 0) is 9.53 Å². The fourth-order valence-electron chi connectivity index (χ4n) is 2.18. The van der Waals surface area contributed by atoms with E-state index in [1.54, 1.807) is 6.92 Å². The number of hydrogen-bond donors (Lipinski definition) is 2. The number of esters is 1. The molecule has 0 aliphatic heterocycles. The molecule has 0 spiro atoms. The average Bonchev–Trinajstić information content (AvgIpc) is 2.25. The van der Waals surface area contributed by atoms with Crippen molar-refractivity contribution >= 4 is 5.97 Å². The fourth-order valence-corrected chi connectivity index (χ4v) is 2.18. The Morgan fingerprint density at radius 1 is 1.67 bits per heavy atom. The van der Waals surface area contributed by atoms with Gasteiger partial charge in [-0.1, -0.05) is 12.2 Å². The second kappa shape index (κ2) is 5.67. The molecule has 4 nitrogen and oxygen atoms in total. The molecular formula is C14H22O4. The molecule has 1 rings (SSSR count). The number of aliphatic hydroxyl groups excluding tert-OH is 1. The van der Waals surface area contributed by atoms with Gasteiger partial charge in [0.2, 0.25) is 0 Å². The van der Waals surface area contributed by atoms with Gasteiger partial charge in [0, 0.05) is 6.08 Å². The topological polar surface area (TPSA) is 66.8 Å². The highest BCUT2D eigenvalue weighted by Gasteiger charge is 2.41. The summed E-state index contributed by atoms with van der Waals surface area (Å²) >= 11 is 0. The van der Waals surface area contributed by atoms with Crippen molar-refractivity contribution < 1.29 is 19.7 Å². The number of carbonyl (C=O) groups is 1. The lowest BCUT2D eigenvalue weighted by molar-refractivity contribution is -0.137. The van der Waals surface area contributed by atoms with Gasteiger partial charge < -0.3 is 14.9 Å². The molecule has 1 aliphatic rings. The zero-order valence-corrected chi connectivity index (χ0v) is 11.3. The van der Waals surface area contributed by atoms with Crippen molar-refractivity contribution in [3.8, 4) is 0 Å². The fraction of sp³-hybridized carbons (Fsp3) is 0.643. The summed E-state index contributed by atoms with van der Waals surface area (Å²) in [6.45, 7) is 9.30. The van der Waals surface area contributed by atoms with Gasteiger partial charge in [-0.15, -0.1) is 0 Å². The van der Waals surface area contributed by atoms with Crippen LogP contribution in [0.2, 0.25) is 0 Å². The molecule has 0 radical (unpaired) electrons. The molecule has 1 aliphatic carbocycles. The molecule has 0 aromatic rings. The maximum Gasteiger partial charge on any atom is 0.330 e. The standard InChI is InChI=1S/C14H22O4/c1-5-18-13(16)8-11-6-10(9(2)3)7-12(15)14(11,4)17/h8,10,12,15,17H,2,5-7H2,1,3-4H3/b11-8+/t10-,12-,14-/m1/s1. The minimum atomic E-state index is -1.38. The lowest BCUT2D eigenvalue weighted by Gasteiger charge is -2.40. The Morgan fingerprint density at radius 3 is 2.78 bits per heavy atom. The Labute approximate surface area is 108 Å². The molecule has 3 atom stereocenters. The van der Waals surface area contributed by atoms with E-state index in [0.717, 1.165) is 5.57 Å². The van der Waals surface area contributed by atoms with Gasteiger partial charge in [-0.25, -0.2) is 4.79 Å². The molecule has 0 aromatic carbocycles. The van der Waals surface area contributed by atoms with Crippen LogP contribution in [0.3, 0.4) is 0 Å². The van der Waals surface area contributed by atoms with Gasteiger partial charge in [0.15, 0.2) is 0 Å². The molecule has 0 unspecified atom stereocenters. The minimum Gasteiger partial charge on any atom is -0.463 e. The van der Waals surface area contributed by atoms with E-state index in [1.165, 1.54) is 13.0 Å². The van der Waals surface area contributed by atoms with Gasteiger partial charge in [-0.05, 0) is 45.1 Å². The van der Waals surface area contributed by atoms with Crippen molar-refractivity contribution in [3.05, 3.63) is 23.8 Å². The number of ether oxygens (including phenoxy) is 1. The highest BCUT2D eigenvalue weighted by atomic mass is 16.5. The van der Waals surface area contributed by atoms with Crippen molar-refractivity contribution in [1.82, 2.24) is 0 Å². The van der Waals surface area contributed by atoms with E-state index in [9.17, 15) is 15.0 Å². The molecule has 102 valence electrons. The van der Waals surface area contributed by atoms with Gasteiger partial charge in [0.05, 0.1) is 12.7 Å². The molecule has 1 saturated carbocycles. The Morgan fingerprint density at radius 2 is 2.28 bits per heavy atom. The minimum absolute atomic E-state index is 0.0842. The zero-order valence-electron chi connectivity index (χ0n) is 11.3. The molecule has 1 fully saturated rings. The predicted molar refractivity (Wildman–Crippen MR) is 68.9 cm³/mol. The van der Waals surface area contributed by atoms with E-state index in [2.05, 4.69) is 6.58 Å². The van der Waals surface area contributed by atoms with Crippen molar-refractivity contribution in [2.75, 3.05) is 6.61 Å². The summed E-state index contributed by atoms with van der Waals surface area (Å²) in [7, 11) is 0. The zero-order chi connectivity index (χ0) is 13.9. The first kappa shape index (κ1) is 14.9. The van der Waals surface area contributed by atoms with Gasteiger partial charge >= 0.3 is 5.97 Å². The molecule has 0 aromatic heterocycles. The monoisotopic (exact) mass is 254 g/mol. The molecule has 4 heteroatoms. The molecule has 2 N–H and O–H groups in total. The third kappa shape index (κ3) is 3.21. The highest BCUT2D eigenvalue weighted by Crippen LogP contribution is 2.39. The van der Waals surface area contributed by atoms with Crippen LogP contribution in [0.1, 0.15) is 33.6 Å². The third-order valence-corrected chi connectivity index (χ3v) is 3.55. The van der Waals surface area contributed by atoms with Gasteiger partial charge in [0.1, 0.15) is 5.60 Å². The largest absolute Gasteiger partial charge is 0.463 e. The maximum absolute atomic E-state index is 11.5. The van der Waals surface area contributed by atoms with E-state index in [-0.39, 0.29) is 12.5 Å².